The highest BCUT2D eigenvalue weighted by Gasteiger charge is 2.17. The van der Waals surface area contributed by atoms with Gasteiger partial charge in [0.2, 0.25) is 0 Å². The van der Waals surface area contributed by atoms with E-state index in [4.69, 9.17) is 11.6 Å². The molecule has 94 valence electrons. The lowest BCUT2D eigenvalue weighted by Crippen LogP contribution is -2.07. The molecule has 1 aromatic rings. The van der Waals surface area contributed by atoms with E-state index >= 15 is 0 Å². The quantitative estimate of drug-likeness (QED) is 0.646. The Kier molecular flexibility index (Phi) is 4.69. The summed E-state index contributed by atoms with van der Waals surface area (Å²) in [6, 6.07) is 2.08. The van der Waals surface area contributed by atoms with Crippen LogP contribution in [0.1, 0.15) is 20.3 Å². The molecule has 0 radical (unpaired) electrons. The van der Waals surface area contributed by atoms with Gasteiger partial charge in [-0.25, -0.2) is 4.39 Å². The summed E-state index contributed by atoms with van der Waals surface area (Å²) < 4.78 is 13.2. The van der Waals surface area contributed by atoms with Crippen molar-refractivity contribution in [1.29, 1.82) is 0 Å². The number of hydrogen-bond donors (Lipinski definition) is 1. The monoisotopic (exact) mass is 260 g/mol. The van der Waals surface area contributed by atoms with Crippen LogP contribution in [0.4, 0.5) is 15.8 Å². The number of benzene rings is 1. The fraction of sp³-hybridized carbons (Fsp3) is 0.455. The molecular weight excluding hydrogens is 247 g/mol. The zero-order valence-electron chi connectivity index (χ0n) is 9.67. The van der Waals surface area contributed by atoms with Gasteiger partial charge in [0.05, 0.1) is 9.95 Å². The van der Waals surface area contributed by atoms with Crippen LogP contribution in [0.5, 0.6) is 0 Å². The fourth-order valence-electron chi connectivity index (χ4n) is 1.32. The van der Waals surface area contributed by atoms with Gasteiger partial charge in [0.25, 0.3) is 5.69 Å². The van der Waals surface area contributed by atoms with Crippen LogP contribution in [0, 0.1) is 21.8 Å². The molecule has 0 spiro atoms. The molecule has 0 atom stereocenters. The first-order chi connectivity index (χ1) is 7.91. The van der Waals surface area contributed by atoms with E-state index < -0.39 is 10.7 Å². The van der Waals surface area contributed by atoms with Crippen LogP contribution in [0.15, 0.2) is 12.1 Å². The Labute approximate surface area is 104 Å². The summed E-state index contributed by atoms with van der Waals surface area (Å²) in [5, 5.41) is 13.4. The van der Waals surface area contributed by atoms with Crippen molar-refractivity contribution in [2.75, 3.05) is 11.9 Å². The largest absolute Gasteiger partial charge is 0.379 e. The minimum absolute atomic E-state index is 0.164. The van der Waals surface area contributed by atoms with Gasteiger partial charge >= 0.3 is 0 Å². The van der Waals surface area contributed by atoms with Crippen molar-refractivity contribution in [3.63, 3.8) is 0 Å². The highest BCUT2D eigenvalue weighted by atomic mass is 35.5. The van der Waals surface area contributed by atoms with E-state index in [1.165, 1.54) is 0 Å². The minimum Gasteiger partial charge on any atom is -0.379 e. The second-order valence-electron chi connectivity index (χ2n) is 4.15. The van der Waals surface area contributed by atoms with Gasteiger partial charge in [0, 0.05) is 18.7 Å². The molecule has 17 heavy (non-hydrogen) atoms. The standard InChI is InChI=1S/C11H14ClFN2O2/c1-7(2)3-4-14-10-6-9(13)8(12)5-11(10)15(16)17/h5-7,14H,3-4H2,1-2H3. The summed E-state index contributed by atoms with van der Waals surface area (Å²) in [7, 11) is 0. The average molecular weight is 261 g/mol. The summed E-state index contributed by atoms with van der Waals surface area (Å²) >= 11 is 5.51. The summed E-state index contributed by atoms with van der Waals surface area (Å²) in [6.45, 7) is 4.64. The van der Waals surface area contributed by atoms with E-state index in [-0.39, 0.29) is 16.4 Å². The second kappa shape index (κ2) is 5.82. The normalized spacial score (nSPS) is 10.6. The van der Waals surface area contributed by atoms with Crippen molar-refractivity contribution in [2.24, 2.45) is 5.92 Å². The first-order valence-corrected chi connectivity index (χ1v) is 5.67. The van der Waals surface area contributed by atoms with E-state index in [0.29, 0.717) is 12.5 Å². The summed E-state index contributed by atoms with van der Waals surface area (Å²) in [5.74, 6) is -0.192. The van der Waals surface area contributed by atoms with Crippen molar-refractivity contribution >= 4 is 23.0 Å². The van der Waals surface area contributed by atoms with Crippen LogP contribution in [0.25, 0.3) is 0 Å². The van der Waals surface area contributed by atoms with E-state index in [1.54, 1.807) is 0 Å². The Morgan fingerprint density at radius 3 is 2.71 bits per heavy atom. The molecule has 1 N–H and O–H groups in total. The Morgan fingerprint density at radius 1 is 1.53 bits per heavy atom. The van der Waals surface area contributed by atoms with Gasteiger partial charge in [0.15, 0.2) is 0 Å². The number of halogens is 2. The number of nitrogens with one attached hydrogen (secondary N) is 1. The van der Waals surface area contributed by atoms with Gasteiger partial charge in [-0.3, -0.25) is 10.1 Å². The Hall–Kier alpha value is -1.36. The van der Waals surface area contributed by atoms with Gasteiger partial charge in [-0.15, -0.1) is 0 Å². The van der Waals surface area contributed by atoms with Gasteiger partial charge in [-0.1, -0.05) is 25.4 Å². The minimum atomic E-state index is -0.663. The molecule has 0 fully saturated rings. The Bertz CT molecular complexity index is 424. The molecule has 0 saturated carbocycles. The topological polar surface area (TPSA) is 55.2 Å². The molecule has 1 aromatic carbocycles. The molecular formula is C11H14ClFN2O2. The molecule has 4 nitrogen and oxygen atoms in total. The number of nitro benzene ring substituents is 1. The highest BCUT2D eigenvalue weighted by molar-refractivity contribution is 6.31. The van der Waals surface area contributed by atoms with Crippen molar-refractivity contribution < 1.29 is 9.31 Å². The van der Waals surface area contributed by atoms with Gasteiger partial charge in [-0.05, 0) is 12.3 Å². The van der Waals surface area contributed by atoms with Crippen LogP contribution in [-0.4, -0.2) is 11.5 Å². The van der Waals surface area contributed by atoms with Crippen LogP contribution >= 0.6 is 11.6 Å². The van der Waals surface area contributed by atoms with Crippen molar-refractivity contribution in [3.05, 3.63) is 33.1 Å². The van der Waals surface area contributed by atoms with Gasteiger partial charge in [-0.2, -0.15) is 0 Å². The van der Waals surface area contributed by atoms with Crippen molar-refractivity contribution in [1.82, 2.24) is 0 Å². The third kappa shape index (κ3) is 3.85. The Balaban J connectivity index is 2.89. The van der Waals surface area contributed by atoms with Crippen LogP contribution in [0.3, 0.4) is 0 Å². The molecule has 6 heteroatoms. The summed E-state index contributed by atoms with van der Waals surface area (Å²) in [6.07, 6.45) is 0.849. The smallest absolute Gasteiger partial charge is 0.294 e. The molecule has 1 rings (SSSR count). The zero-order chi connectivity index (χ0) is 13.0. The predicted octanol–water partition coefficient (Wildman–Crippen LogP) is 3.85. The first-order valence-electron chi connectivity index (χ1n) is 5.29. The van der Waals surface area contributed by atoms with E-state index in [0.717, 1.165) is 18.6 Å². The lowest BCUT2D eigenvalue weighted by atomic mass is 10.1. The summed E-state index contributed by atoms with van der Waals surface area (Å²) in [4.78, 5) is 10.2. The number of rotatable bonds is 5. The van der Waals surface area contributed by atoms with Crippen LogP contribution in [-0.2, 0) is 0 Å². The maximum Gasteiger partial charge on any atom is 0.294 e. The molecule has 0 aliphatic rings. The number of nitro groups is 1. The fourth-order valence-corrected chi connectivity index (χ4v) is 1.48. The first kappa shape index (κ1) is 13.7. The van der Waals surface area contributed by atoms with Crippen LogP contribution in [0.2, 0.25) is 5.02 Å². The zero-order valence-corrected chi connectivity index (χ0v) is 10.4. The number of nitrogens with zero attached hydrogens (tertiary/aromatic N) is 1. The molecule has 0 amide bonds. The molecule has 0 aliphatic carbocycles. The maximum absolute atomic E-state index is 13.2. The SMILES string of the molecule is CC(C)CCNc1cc(F)c(Cl)cc1[N+](=O)[O-]. The van der Waals surface area contributed by atoms with Crippen molar-refractivity contribution in [2.45, 2.75) is 20.3 Å². The van der Waals surface area contributed by atoms with Gasteiger partial charge in [0.1, 0.15) is 11.5 Å². The van der Waals surface area contributed by atoms with E-state index in [2.05, 4.69) is 5.32 Å². The third-order valence-corrected chi connectivity index (χ3v) is 2.56. The molecule has 0 aliphatic heterocycles. The van der Waals surface area contributed by atoms with Crippen LogP contribution < -0.4 is 5.32 Å². The lowest BCUT2D eigenvalue weighted by molar-refractivity contribution is -0.384. The molecule has 0 heterocycles. The third-order valence-electron chi connectivity index (χ3n) is 2.27. The second-order valence-corrected chi connectivity index (χ2v) is 4.56. The molecule has 0 bridgehead atoms. The maximum atomic E-state index is 13.2. The number of hydrogen-bond acceptors (Lipinski definition) is 3. The average Bonchev–Trinajstić information content (AvgIpc) is 2.22. The highest BCUT2D eigenvalue weighted by Crippen LogP contribution is 2.30. The number of anilines is 1. The van der Waals surface area contributed by atoms with E-state index in [9.17, 15) is 14.5 Å². The van der Waals surface area contributed by atoms with Crippen molar-refractivity contribution in [3.8, 4) is 0 Å². The molecule has 0 aromatic heterocycles. The predicted molar refractivity (Wildman–Crippen MR) is 66.0 cm³/mol. The van der Waals surface area contributed by atoms with E-state index in [1.807, 2.05) is 13.8 Å². The molecule has 0 unspecified atom stereocenters. The van der Waals surface area contributed by atoms with Gasteiger partial charge < -0.3 is 5.32 Å². The lowest BCUT2D eigenvalue weighted by Gasteiger charge is -2.09. The Morgan fingerprint density at radius 2 is 2.18 bits per heavy atom. The summed E-state index contributed by atoms with van der Waals surface area (Å²) in [5.41, 5.74) is -0.0438. The molecule has 0 saturated heterocycles.